The largest absolute Gasteiger partial charge is 0.504 e. The zero-order chi connectivity index (χ0) is 25.9. The van der Waals surface area contributed by atoms with Crippen LogP contribution in [0.1, 0.15) is 34.7 Å². The first-order chi connectivity index (χ1) is 17.8. The molecule has 0 unspecified atom stereocenters. The van der Waals surface area contributed by atoms with E-state index in [2.05, 4.69) is 61.5 Å². The van der Waals surface area contributed by atoms with Crippen LogP contribution in [-0.2, 0) is 5.41 Å². The highest BCUT2D eigenvalue weighted by molar-refractivity contribution is 5.91. The monoisotopic (exact) mass is 486 g/mol. The summed E-state index contributed by atoms with van der Waals surface area (Å²) < 4.78 is 0. The van der Waals surface area contributed by atoms with Gasteiger partial charge in [-0.2, -0.15) is 0 Å². The van der Waals surface area contributed by atoms with Crippen molar-refractivity contribution in [1.29, 1.82) is 0 Å². The van der Waals surface area contributed by atoms with E-state index in [1.165, 1.54) is 0 Å². The molecular formula is C33H26O4. The molecule has 0 saturated heterocycles. The highest BCUT2D eigenvalue weighted by Gasteiger charge is 2.45. The van der Waals surface area contributed by atoms with E-state index in [0.717, 1.165) is 55.3 Å². The van der Waals surface area contributed by atoms with Crippen LogP contribution in [0.15, 0.2) is 96.6 Å². The first kappa shape index (κ1) is 22.7. The van der Waals surface area contributed by atoms with Gasteiger partial charge in [0, 0.05) is 0 Å². The molecule has 0 bridgehead atoms. The van der Waals surface area contributed by atoms with Crippen LogP contribution in [0.3, 0.4) is 0 Å². The van der Waals surface area contributed by atoms with Gasteiger partial charge in [-0.3, -0.25) is 0 Å². The van der Waals surface area contributed by atoms with Crippen LogP contribution in [-0.4, -0.2) is 20.4 Å². The number of phenols is 4. The fourth-order valence-corrected chi connectivity index (χ4v) is 5.90. The Labute approximate surface area is 215 Å². The molecule has 6 rings (SSSR count). The number of rotatable bonds is 3. The number of benzene rings is 5. The number of phenolic OH excluding ortho intramolecular Hbond substituents is 4. The van der Waals surface area contributed by atoms with Gasteiger partial charge in [-0.15, -0.1) is 0 Å². The van der Waals surface area contributed by atoms with Gasteiger partial charge in [0.1, 0.15) is 0 Å². The molecule has 4 N–H and O–H groups in total. The van der Waals surface area contributed by atoms with Crippen LogP contribution in [0.4, 0.5) is 0 Å². The Balaban J connectivity index is 1.71. The molecule has 4 nitrogen and oxygen atoms in total. The number of fused-ring (bicyclic) bond motifs is 4. The van der Waals surface area contributed by atoms with E-state index in [4.69, 9.17) is 0 Å². The highest BCUT2D eigenvalue weighted by Crippen LogP contribution is 2.57. The zero-order valence-electron chi connectivity index (χ0n) is 20.5. The Morgan fingerprint density at radius 1 is 0.622 bits per heavy atom. The van der Waals surface area contributed by atoms with Gasteiger partial charge < -0.3 is 20.4 Å². The van der Waals surface area contributed by atoms with Crippen LogP contribution in [0.25, 0.3) is 28.0 Å². The topological polar surface area (TPSA) is 80.9 Å². The number of hydrogen-bond donors (Lipinski definition) is 4. The second kappa shape index (κ2) is 8.17. The lowest BCUT2D eigenvalue weighted by atomic mass is 9.67. The molecule has 0 spiro atoms. The maximum atomic E-state index is 10.2. The fourth-order valence-electron chi connectivity index (χ4n) is 5.90. The minimum atomic E-state index is -0.644. The molecule has 0 amide bonds. The molecule has 37 heavy (non-hydrogen) atoms. The predicted molar refractivity (Wildman–Crippen MR) is 147 cm³/mol. The Kier molecular flexibility index (Phi) is 5.02. The number of aryl methyl sites for hydroxylation is 1. The summed E-state index contributed by atoms with van der Waals surface area (Å²) >= 11 is 0. The Bertz CT molecular complexity index is 1700. The van der Waals surface area contributed by atoms with E-state index in [1.54, 1.807) is 24.3 Å². The molecular weight excluding hydrogens is 460 g/mol. The molecule has 0 atom stereocenters. The fraction of sp³-hybridized carbons (Fsp3) is 0.0909. The van der Waals surface area contributed by atoms with Crippen LogP contribution in [0, 0.1) is 6.92 Å². The summed E-state index contributed by atoms with van der Waals surface area (Å²) in [4.78, 5) is 0. The summed E-state index contributed by atoms with van der Waals surface area (Å²) in [5, 5.41) is 42.1. The average molecular weight is 487 g/mol. The van der Waals surface area contributed by atoms with Crippen molar-refractivity contribution >= 4 is 16.8 Å². The van der Waals surface area contributed by atoms with Gasteiger partial charge in [0.2, 0.25) is 0 Å². The molecule has 5 aromatic rings. The molecule has 182 valence electrons. The van der Waals surface area contributed by atoms with Gasteiger partial charge in [0.05, 0.1) is 5.41 Å². The van der Waals surface area contributed by atoms with Crippen molar-refractivity contribution in [2.75, 3.05) is 0 Å². The number of allylic oxidation sites excluding steroid dienone is 1. The van der Waals surface area contributed by atoms with Crippen molar-refractivity contribution in [3.05, 3.63) is 124 Å². The average Bonchev–Trinajstić information content (AvgIpc) is 3.19. The Morgan fingerprint density at radius 2 is 1.16 bits per heavy atom. The van der Waals surface area contributed by atoms with Crippen molar-refractivity contribution in [3.63, 3.8) is 0 Å². The van der Waals surface area contributed by atoms with E-state index in [-0.39, 0.29) is 23.0 Å². The molecule has 0 fully saturated rings. The van der Waals surface area contributed by atoms with Gasteiger partial charge in [-0.25, -0.2) is 0 Å². The Hall–Kier alpha value is -4.70. The normalized spacial score (nSPS) is 13.9. The van der Waals surface area contributed by atoms with Crippen molar-refractivity contribution in [3.8, 4) is 34.1 Å². The summed E-state index contributed by atoms with van der Waals surface area (Å²) in [6.07, 6.45) is 2.08. The maximum absolute atomic E-state index is 10.2. The van der Waals surface area contributed by atoms with Crippen LogP contribution < -0.4 is 0 Å². The van der Waals surface area contributed by atoms with E-state index in [0.29, 0.717) is 0 Å². The lowest BCUT2D eigenvalue weighted by Gasteiger charge is -2.35. The van der Waals surface area contributed by atoms with Crippen molar-refractivity contribution < 1.29 is 20.4 Å². The molecule has 0 aliphatic heterocycles. The third-order valence-corrected chi connectivity index (χ3v) is 7.65. The molecule has 4 heteroatoms. The Morgan fingerprint density at radius 3 is 1.81 bits per heavy atom. The summed E-state index contributed by atoms with van der Waals surface area (Å²) in [5.41, 5.74) is 7.70. The maximum Gasteiger partial charge on any atom is 0.158 e. The van der Waals surface area contributed by atoms with Crippen LogP contribution >= 0.6 is 0 Å². The summed E-state index contributed by atoms with van der Waals surface area (Å²) in [6, 6.07) is 29.3. The van der Waals surface area contributed by atoms with Crippen molar-refractivity contribution in [2.45, 2.75) is 19.3 Å². The van der Waals surface area contributed by atoms with E-state index in [9.17, 15) is 20.4 Å². The van der Waals surface area contributed by atoms with Crippen molar-refractivity contribution in [2.24, 2.45) is 0 Å². The van der Waals surface area contributed by atoms with E-state index < -0.39 is 5.41 Å². The second-order valence-electron chi connectivity index (χ2n) is 9.77. The van der Waals surface area contributed by atoms with Crippen molar-refractivity contribution in [1.82, 2.24) is 0 Å². The molecule has 0 aromatic heterocycles. The van der Waals surface area contributed by atoms with E-state index >= 15 is 0 Å². The minimum absolute atomic E-state index is 0.142. The first-order valence-electron chi connectivity index (χ1n) is 12.2. The van der Waals surface area contributed by atoms with Crippen LogP contribution in [0.2, 0.25) is 0 Å². The zero-order valence-corrected chi connectivity index (χ0v) is 20.5. The lowest BCUT2D eigenvalue weighted by Crippen LogP contribution is -2.28. The molecule has 0 heterocycles. The highest BCUT2D eigenvalue weighted by atomic mass is 16.3. The number of hydrogen-bond acceptors (Lipinski definition) is 4. The third-order valence-electron chi connectivity index (χ3n) is 7.65. The van der Waals surface area contributed by atoms with Crippen LogP contribution in [0.5, 0.6) is 23.0 Å². The minimum Gasteiger partial charge on any atom is -0.504 e. The van der Waals surface area contributed by atoms with E-state index in [1.807, 2.05) is 25.1 Å². The number of aromatic hydroxyl groups is 4. The first-order valence-corrected chi connectivity index (χ1v) is 12.2. The van der Waals surface area contributed by atoms with Gasteiger partial charge in [-0.05, 0) is 93.9 Å². The van der Waals surface area contributed by atoms with Gasteiger partial charge in [0.15, 0.2) is 23.0 Å². The molecule has 0 saturated carbocycles. The summed E-state index contributed by atoms with van der Waals surface area (Å²) in [5.74, 6) is -0.610. The molecule has 1 aliphatic carbocycles. The molecule has 1 aliphatic rings. The smallest absolute Gasteiger partial charge is 0.158 e. The molecule has 0 radical (unpaired) electrons. The lowest BCUT2D eigenvalue weighted by molar-refractivity contribution is 0.403. The molecule has 5 aromatic carbocycles. The van der Waals surface area contributed by atoms with Gasteiger partial charge >= 0.3 is 0 Å². The van der Waals surface area contributed by atoms with Gasteiger partial charge in [-0.1, -0.05) is 72.3 Å². The predicted octanol–water partition coefficient (Wildman–Crippen LogP) is 7.39. The summed E-state index contributed by atoms with van der Waals surface area (Å²) in [7, 11) is 0. The summed E-state index contributed by atoms with van der Waals surface area (Å²) in [6.45, 7) is 4.01. The SMILES string of the molecule is C/C(=C\c1cc(O)c(O)cc1C)C1(c2ccc3cc(O)c(O)cc3c2)c2ccccc2-c2ccccc21. The third kappa shape index (κ3) is 3.30. The standard InChI is InChI=1S/C33H26O4/c1-19-13-29(34)31(36)17-22(19)14-20(2)33(24-12-11-21-16-30(35)32(37)18-23(21)15-24)27-9-5-3-7-25(27)26-8-4-6-10-28(26)33/h3-18,34-37H,1-2H3/b20-14+. The quantitative estimate of drug-likeness (QED) is 0.201. The van der Waals surface area contributed by atoms with Gasteiger partial charge in [0.25, 0.3) is 0 Å². The second-order valence-corrected chi connectivity index (χ2v) is 9.77.